The van der Waals surface area contributed by atoms with Crippen LogP contribution in [-0.4, -0.2) is 67.5 Å². The number of aromatic nitrogens is 1. The molecule has 7 nitrogen and oxygen atoms in total. The maximum Gasteiger partial charge on any atom is 0.281 e. The van der Waals surface area contributed by atoms with Gasteiger partial charge in [0.1, 0.15) is 12.2 Å². The highest BCUT2D eigenvalue weighted by Gasteiger charge is 2.50. The van der Waals surface area contributed by atoms with Crippen LogP contribution in [0.15, 0.2) is 24.4 Å². The monoisotopic (exact) mass is 327 g/mol. The summed E-state index contributed by atoms with van der Waals surface area (Å²) in [6.07, 6.45) is 2.72. The molecule has 3 heterocycles. The van der Waals surface area contributed by atoms with E-state index in [2.05, 4.69) is 4.98 Å². The van der Waals surface area contributed by atoms with E-state index in [-0.39, 0.29) is 24.8 Å². The second-order valence-electron chi connectivity index (χ2n) is 5.73. The van der Waals surface area contributed by atoms with Crippen LogP contribution in [-0.2, 0) is 14.9 Å². The van der Waals surface area contributed by atoms with E-state index in [0.717, 1.165) is 12.8 Å². The Kier molecular flexibility index (Phi) is 4.35. The number of hydrogen-bond donors (Lipinski definition) is 0. The Balaban J connectivity index is 1.83. The highest BCUT2D eigenvalue weighted by Crippen LogP contribution is 2.33. The number of nitrogens with zero attached hydrogens (tertiary/aromatic N) is 3. The minimum Gasteiger partial charge on any atom is -0.470 e. The van der Waals surface area contributed by atoms with Crippen LogP contribution in [0.1, 0.15) is 12.8 Å². The number of ether oxygens (including phenoxy) is 2. The molecule has 122 valence electrons. The lowest BCUT2D eigenvalue weighted by atomic mass is 10.0. The second kappa shape index (κ2) is 6.11. The van der Waals surface area contributed by atoms with Crippen molar-refractivity contribution in [3.8, 4) is 5.88 Å². The third kappa shape index (κ3) is 2.83. The molecule has 0 saturated carbocycles. The van der Waals surface area contributed by atoms with Crippen molar-refractivity contribution in [1.82, 2.24) is 13.6 Å². The summed E-state index contributed by atoms with van der Waals surface area (Å²) in [6, 6.07) is 5.24. The highest BCUT2D eigenvalue weighted by molar-refractivity contribution is 7.86. The molecule has 0 amide bonds. The zero-order valence-electron chi connectivity index (χ0n) is 12.8. The summed E-state index contributed by atoms with van der Waals surface area (Å²) in [5, 5.41) is 0. The number of fused-ring (bicyclic) bond motifs is 1. The molecule has 1 aromatic rings. The summed E-state index contributed by atoms with van der Waals surface area (Å²) in [7, 11) is -0.401. The Morgan fingerprint density at radius 2 is 2.23 bits per heavy atom. The fraction of sp³-hybridized carbons (Fsp3) is 0.643. The van der Waals surface area contributed by atoms with Gasteiger partial charge in [0.05, 0.1) is 12.6 Å². The molecule has 3 atom stereocenters. The van der Waals surface area contributed by atoms with E-state index in [9.17, 15) is 8.42 Å². The zero-order valence-corrected chi connectivity index (χ0v) is 13.6. The average molecular weight is 327 g/mol. The lowest BCUT2D eigenvalue weighted by molar-refractivity contribution is -0.0428. The second-order valence-corrected chi connectivity index (χ2v) is 7.82. The van der Waals surface area contributed by atoms with Crippen LogP contribution in [0.25, 0.3) is 0 Å². The quantitative estimate of drug-likeness (QED) is 0.805. The van der Waals surface area contributed by atoms with Crippen LogP contribution in [0.2, 0.25) is 0 Å². The largest absolute Gasteiger partial charge is 0.470 e. The van der Waals surface area contributed by atoms with Crippen LogP contribution in [0.5, 0.6) is 5.88 Å². The van der Waals surface area contributed by atoms with E-state index in [4.69, 9.17) is 9.47 Å². The van der Waals surface area contributed by atoms with Gasteiger partial charge in [-0.25, -0.2) is 4.98 Å². The molecule has 0 aliphatic carbocycles. The van der Waals surface area contributed by atoms with Gasteiger partial charge in [0.2, 0.25) is 5.88 Å². The van der Waals surface area contributed by atoms with E-state index < -0.39 is 10.2 Å². The molecule has 0 N–H and O–H groups in total. The fourth-order valence-corrected chi connectivity index (χ4v) is 4.34. The van der Waals surface area contributed by atoms with Crippen molar-refractivity contribution in [2.75, 3.05) is 27.2 Å². The number of pyridine rings is 1. The number of hydrogen-bond acceptors (Lipinski definition) is 5. The molecule has 1 aromatic heterocycles. The van der Waals surface area contributed by atoms with E-state index in [1.165, 1.54) is 8.61 Å². The molecule has 22 heavy (non-hydrogen) atoms. The van der Waals surface area contributed by atoms with Gasteiger partial charge in [-0.05, 0) is 18.9 Å². The summed E-state index contributed by atoms with van der Waals surface area (Å²) >= 11 is 0. The molecule has 0 aromatic carbocycles. The van der Waals surface area contributed by atoms with E-state index in [1.54, 1.807) is 26.4 Å². The van der Waals surface area contributed by atoms with Crippen LogP contribution in [0.3, 0.4) is 0 Å². The van der Waals surface area contributed by atoms with Crippen molar-refractivity contribution < 1.29 is 17.9 Å². The van der Waals surface area contributed by atoms with Crippen molar-refractivity contribution in [2.24, 2.45) is 0 Å². The minimum absolute atomic E-state index is 0.171. The summed E-state index contributed by atoms with van der Waals surface area (Å²) in [6.45, 7) is 0.922. The molecule has 2 aliphatic rings. The predicted octanol–water partition coefficient (Wildman–Crippen LogP) is 0.499. The molecule has 8 heteroatoms. The Morgan fingerprint density at radius 3 is 2.91 bits per heavy atom. The first kappa shape index (κ1) is 15.7. The normalized spacial score (nSPS) is 29.5. The molecular formula is C14H21N3O4S. The lowest BCUT2D eigenvalue weighted by Gasteiger charge is -2.32. The van der Waals surface area contributed by atoms with Gasteiger partial charge in [0, 0.05) is 33.0 Å². The SMILES string of the molecule is CN(C)S(=O)(=O)N1C[C@H](Oc2ccccn2)[C@H]2OCCC[C@H]21. The van der Waals surface area contributed by atoms with Crippen molar-refractivity contribution in [2.45, 2.75) is 31.1 Å². The van der Waals surface area contributed by atoms with Crippen molar-refractivity contribution in [1.29, 1.82) is 0 Å². The van der Waals surface area contributed by atoms with E-state index in [0.29, 0.717) is 12.5 Å². The Bertz CT molecular complexity index is 608. The van der Waals surface area contributed by atoms with Crippen LogP contribution < -0.4 is 4.74 Å². The lowest BCUT2D eigenvalue weighted by Crippen LogP contribution is -2.47. The molecular weight excluding hydrogens is 306 g/mol. The molecule has 0 radical (unpaired) electrons. The zero-order chi connectivity index (χ0) is 15.7. The standard InChI is InChI=1S/C14H21N3O4S/c1-16(2)22(18,19)17-10-12(14-11(17)6-5-9-20-14)21-13-7-3-4-8-15-13/h3-4,7-8,11-12,14H,5-6,9-10H2,1-2H3/t11-,12+,14+/m1/s1. The third-order valence-electron chi connectivity index (χ3n) is 4.10. The van der Waals surface area contributed by atoms with E-state index >= 15 is 0 Å². The molecule has 0 spiro atoms. The minimum atomic E-state index is -3.49. The topological polar surface area (TPSA) is 72.0 Å². The predicted molar refractivity (Wildman–Crippen MR) is 80.7 cm³/mol. The maximum atomic E-state index is 12.5. The van der Waals surface area contributed by atoms with Gasteiger partial charge in [0.15, 0.2) is 0 Å². The first-order valence-electron chi connectivity index (χ1n) is 7.39. The molecule has 2 aliphatic heterocycles. The van der Waals surface area contributed by atoms with E-state index in [1.807, 2.05) is 12.1 Å². The van der Waals surface area contributed by atoms with Gasteiger partial charge in [-0.1, -0.05) is 6.07 Å². The summed E-state index contributed by atoms with van der Waals surface area (Å²) in [5.74, 6) is 0.490. The summed E-state index contributed by atoms with van der Waals surface area (Å²) in [5.41, 5.74) is 0. The molecule has 2 fully saturated rings. The Labute approximate surface area is 131 Å². The summed E-state index contributed by atoms with van der Waals surface area (Å²) < 4.78 is 39.5. The van der Waals surface area contributed by atoms with Gasteiger partial charge in [-0.15, -0.1) is 0 Å². The van der Waals surface area contributed by atoms with Gasteiger partial charge >= 0.3 is 0 Å². The van der Waals surface area contributed by atoms with Crippen molar-refractivity contribution >= 4 is 10.2 Å². The van der Waals surface area contributed by atoms with Gasteiger partial charge < -0.3 is 9.47 Å². The first-order valence-corrected chi connectivity index (χ1v) is 8.78. The number of rotatable bonds is 4. The Hall–Kier alpha value is -1.22. The van der Waals surface area contributed by atoms with Gasteiger partial charge in [-0.2, -0.15) is 17.0 Å². The molecule has 0 bridgehead atoms. The Morgan fingerprint density at radius 1 is 1.41 bits per heavy atom. The average Bonchev–Trinajstić information content (AvgIpc) is 2.88. The fourth-order valence-electron chi connectivity index (χ4n) is 3.02. The maximum absolute atomic E-state index is 12.5. The summed E-state index contributed by atoms with van der Waals surface area (Å²) in [4.78, 5) is 4.15. The van der Waals surface area contributed by atoms with Crippen molar-refractivity contribution in [3.05, 3.63) is 24.4 Å². The molecule has 2 saturated heterocycles. The first-order chi connectivity index (χ1) is 10.5. The molecule has 0 unspecified atom stereocenters. The van der Waals surface area contributed by atoms with Gasteiger partial charge in [-0.3, -0.25) is 0 Å². The van der Waals surface area contributed by atoms with Crippen LogP contribution >= 0.6 is 0 Å². The smallest absolute Gasteiger partial charge is 0.281 e. The highest BCUT2D eigenvalue weighted by atomic mass is 32.2. The molecule has 3 rings (SSSR count). The van der Waals surface area contributed by atoms with Crippen LogP contribution in [0.4, 0.5) is 0 Å². The van der Waals surface area contributed by atoms with Crippen molar-refractivity contribution in [3.63, 3.8) is 0 Å². The van der Waals surface area contributed by atoms with Crippen LogP contribution in [0, 0.1) is 0 Å². The third-order valence-corrected chi connectivity index (χ3v) is 6.03. The van der Waals surface area contributed by atoms with Gasteiger partial charge in [0.25, 0.3) is 10.2 Å².